The van der Waals surface area contributed by atoms with Crippen molar-refractivity contribution in [3.8, 4) is 0 Å². The molecule has 3 heteroatoms. The maximum atomic E-state index is 10.5. The van der Waals surface area contributed by atoms with Crippen molar-refractivity contribution in [3.63, 3.8) is 0 Å². The van der Waals surface area contributed by atoms with Gasteiger partial charge in [0.05, 0.1) is 0 Å². The Labute approximate surface area is 58.2 Å². The Balaban J connectivity index is 2.85. The molecule has 1 aliphatic rings. The van der Waals surface area contributed by atoms with Crippen LogP contribution in [0.25, 0.3) is 0 Å². The van der Waals surface area contributed by atoms with E-state index in [1.807, 2.05) is 0 Å². The Morgan fingerprint density at radius 2 is 2.56 bits per heavy atom. The summed E-state index contributed by atoms with van der Waals surface area (Å²) in [4.78, 5) is 14.4. The van der Waals surface area contributed by atoms with E-state index in [1.165, 1.54) is 0 Å². The fraction of sp³-hybridized carbons (Fsp3) is 0.333. The second-order valence-corrected chi connectivity index (χ2v) is 2.20. The molecule has 9 heavy (non-hydrogen) atoms. The van der Waals surface area contributed by atoms with Crippen LogP contribution in [0.5, 0.6) is 0 Å². The van der Waals surface area contributed by atoms with Crippen LogP contribution in [0.1, 0.15) is 13.3 Å². The molecule has 0 aliphatic carbocycles. The van der Waals surface area contributed by atoms with Gasteiger partial charge in [0.25, 0.3) is 5.24 Å². The molecule has 1 rings (SSSR count). The number of carbonyl (C=O) groups excluding carboxylic acids is 1. The Bertz CT molecular complexity index is 205. The second kappa shape index (κ2) is 2.31. The van der Waals surface area contributed by atoms with Gasteiger partial charge in [-0.15, -0.1) is 0 Å². The molecule has 0 aromatic rings. The highest BCUT2D eigenvalue weighted by atomic mass is 35.5. The molecule has 0 N–H and O–H groups in total. The highest BCUT2D eigenvalue weighted by Crippen LogP contribution is 2.16. The van der Waals surface area contributed by atoms with E-state index in [1.54, 1.807) is 13.1 Å². The third-order valence-corrected chi connectivity index (χ3v) is 1.48. The second-order valence-electron chi connectivity index (χ2n) is 1.85. The van der Waals surface area contributed by atoms with E-state index in [0.717, 1.165) is 5.70 Å². The number of rotatable bonds is 1. The molecule has 0 saturated carbocycles. The molecule has 1 aliphatic heterocycles. The van der Waals surface area contributed by atoms with Gasteiger partial charge in [-0.3, -0.25) is 9.79 Å². The van der Waals surface area contributed by atoms with E-state index in [4.69, 9.17) is 11.6 Å². The summed E-state index contributed by atoms with van der Waals surface area (Å²) in [6, 6.07) is 0. The summed E-state index contributed by atoms with van der Waals surface area (Å²) in [6.07, 6.45) is 2.28. The SMILES string of the molecule is CC1=C(C(=O)Cl)CC=N1. The highest BCUT2D eigenvalue weighted by molar-refractivity contribution is 6.68. The zero-order valence-electron chi connectivity index (χ0n) is 5.02. The van der Waals surface area contributed by atoms with Gasteiger partial charge in [0.15, 0.2) is 0 Å². The monoisotopic (exact) mass is 143 g/mol. The average Bonchev–Trinajstić information content (AvgIpc) is 2.13. The van der Waals surface area contributed by atoms with Crippen LogP contribution in [0.15, 0.2) is 16.3 Å². The minimum atomic E-state index is -0.384. The van der Waals surface area contributed by atoms with Crippen molar-refractivity contribution in [3.05, 3.63) is 11.3 Å². The Morgan fingerprint density at radius 1 is 1.89 bits per heavy atom. The molecular formula is C6H6ClNO. The van der Waals surface area contributed by atoms with Gasteiger partial charge in [-0.25, -0.2) is 0 Å². The van der Waals surface area contributed by atoms with Gasteiger partial charge in [-0.1, -0.05) is 0 Å². The molecule has 0 spiro atoms. The molecule has 2 nitrogen and oxygen atoms in total. The predicted octanol–water partition coefficient (Wildman–Crippen LogP) is 1.50. The van der Waals surface area contributed by atoms with Crippen molar-refractivity contribution >= 4 is 23.1 Å². The third kappa shape index (κ3) is 1.19. The summed E-state index contributed by atoms with van der Waals surface area (Å²) >= 11 is 5.20. The lowest BCUT2D eigenvalue weighted by molar-refractivity contribution is -0.108. The van der Waals surface area contributed by atoms with E-state index >= 15 is 0 Å². The van der Waals surface area contributed by atoms with Gasteiger partial charge in [0.2, 0.25) is 0 Å². The zero-order chi connectivity index (χ0) is 6.85. The van der Waals surface area contributed by atoms with Gasteiger partial charge in [0.1, 0.15) is 0 Å². The standard InChI is InChI=1S/C6H6ClNO/c1-4-5(6(7)9)2-3-8-4/h3H,2H2,1H3. The van der Waals surface area contributed by atoms with Crippen LogP contribution >= 0.6 is 11.6 Å². The number of hydrogen-bond donors (Lipinski definition) is 0. The molecule has 0 aromatic carbocycles. The Kier molecular flexibility index (Phi) is 1.67. The molecular weight excluding hydrogens is 138 g/mol. The smallest absolute Gasteiger partial charge is 0.250 e. The first-order valence-corrected chi connectivity index (χ1v) is 3.01. The number of nitrogens with zero attached hydrogens (tertiary/aromatic N) is 1. The first kappa shape index (κ1) is 6.49. The van der Waals surface area contributed by atoms with Crippen LogP contribution in [-0.2, 0) is 4.79 Å². The summed E-state index contributed by atoms with van der Waals surface area (Å²) in [7, 11) is 0. The Morgan fingerprint density at radius 3 is 2.78 bits per heavy atom. The molecule has 0 saturated heterocycles. The molecule has 0 atom stereocenters. The van der Waals surface area contributed by atoms with Crippen LogP contribution in [0.3, 0.4) is 0 Å². The van der Waals surface area contributed by atoms with Crippen molar-refractivity contribution < 1.29 is 4.79 Å². The van der Waals surface area contributed by atoms with Crippen molar-refractivity contribution in [1.29, 1.82) is 0 Å². The number of allylic oxidation sites excluding steroid dienone is 2. The maximum Gasteiger partial charge on any atom is 0.250 e. The lowest BCUT2D eigenvalue weighted by Gasteiger charge is -1.90. The van der Waals surface area contributed by atoms with E-state index in [0.29, 0.717) is 12.0 Å². The summed E-state index contributed by atoms with van der Waals surface area (Å²) in [5.74, 6) is 0. The largest absolute Gasteiger partial charge is 0.276 e. The van der Waals surface area contributed by atoms with Crippen molar-refractivity contribution in [1.82, 2.24) is 0 Å². The van der Waals surface area contributed by atoms with E-state index < -0.39 is 0 Å². The summed E-state index contributed by atoms with van der Waals surface area (Å²) < 4.78 is 0. The van der Waals surface area contributed by atoms with Crippen molar-refractivity contribution in [2.45, 2.75) is 13.3 Å². The lowest BCUT2D eigenvalue weighted by Crippen LogP contribution is -1.91. The first-order valence-electron chi connectivity index (χ1n) is 2.64. The van der Waals surface area contributed by atoms with E-state index in [9.17, 15) is 4.79 Å². The van der Waals surface area contributed by atoms with Crippen molar-refractivity contribution in [2.24, 2.45) is 4.99 Å². The minimum absolute atomic E-state index is 0.384. The van der Waals surface area contributed by atoms with Crippen LogP contribution in [0.2, 0.25) is 0 Å². The molecule has 0 radical (unpaired) electrons. The quantitative estimate of drug-likeness (QED) is 0.512. The van der Waals surface area contributed by atoms with Crippen LogP contribution in [0.4, 0.5) is 0 Å². The zero-order valence-corrected chi connectivity index (χ0v) is 5.77. The fourth-order valence-electron chi connectivity index (χ4n) is 0.722. The van der Waals surface area contributed by atoms with Gasteiger partial charge < -0.3 is 0 Å². The molecule has 48 valence electrons. The van der Waals surface area contributed by atoms with Gasteiger partial charge in [-0.2, -0.15) is 0 Å². The normalized spacial score (nSPS) is 17.1. The van der Waals surface area contributed by atoms with Crippen LogP contribution in [0, 0.1) is 0 Å². The van der Waals surface area contributed by atoms with Crippen LogP contribution in [-0.4, -0.2) is 11.5 Å². The third-order valence-electron chi connectivity index (χ3n) is 1.25. The molecule has 1 heterocycles. The van der Waals surface area contributed by atoms with Gasteiger partial charge in [0, 0.05) is 23.9 Å². The van der Waals surface area contributed by atoms with E-state index in [2.05, 4.69) is 4.99 Å². The van der Waals surface area contributed by atoms with Crippen LogP contribution < -0.4 is 0 Å². The van der Waals surface area contributed by atoms with Gasteiger partial charge >= 0.3 is 0 Å². The summed E-state index contributed by atoms with van der Waals surface area (Å²) in [5.41, 5.74) is 1.37. The summed E-state index contributed by atoms with van der Waals surface area (Å²) in [6.45, 7) is 1.78. The molecule has 0 aromatic heterocycles. The molecule has 0 fully saturated rings. The summed E-state index contributed by atoms with van der Waals surface area (Å²) in [5, 5.41) is -0.384. The number of aliphatic imine (C=N–C) groups is 1. The average molecular weight is 144 g/mol. The predicted molar refractivity (Wildman–Crippen MR) is 36.7 cm³/mol. The van der Waals surface area contributed by atoms with Crippen molar-refractivity contribution in [2.75, 3.05) is 0 Å². The Hall–Kier alpha value is -0.630. The molecule has 0 bridgehead atoms. The number of carbonyl (C=O) groups is 1. The molecule has 0 amide bonds. The van der Waals surface area contributed by atoms with Gasteiger partial charge in [-0.05, 0) is 18.5 Å². The molecule has 0 unspecified atom stereocenters. The topological polar surface area (TPSA) is 29.4 Å². The number of halogens is 1. The lowest BCUT2D eigenvalue weighted by atomic mass is 10.2. The maximum absolute atomic E-state index is 10.5. The minimum Gasteiger partial charge on any atom is -0.276 e. The highest BCUT2D eigenvalue weighted by Gasteiger charge is 2.11. The van der Waals surface area contributed by atoms with E-state index in [-0.39, 0.29) is 5.24 Å². The first-order chi connectivity index (χ1) is 4.22. The fourth-order valence-corrected chi connectivity index (χ4v) is 0.936. The number of hydrogen-bond acceptors (Lipinski definition) is 2.